The van der Waals surface area contributed by atoms with Crippen LogP contribution < -0.4 is 5.32 Å². The Morgan fingerprint density at radius 1 is 1.05 bits per heavy atom. The average Bonchev–Trinajstić information content (AvgIpc) is 2.54. The first kappa shape index (κ1) is 17.3. The Morgan fingerprint density at radius 2 is 1.77 bits per heavy atom. The quantitative estimate of drug-likeness (QED) is 0.819. The Balaban J connectivity index is 1.72. The van der Waals surface area contributed by atoms with Crippen LogP contribution >= 0.6 is 0 Å². The van der Waals surface area contributed by atoms with Crippen molar-refractivity contribution in [1.82, 2.24) is 10.2 Å². The van der Waals surface area contributed by atoms with Crippen LogP contribution in [0.15, 0.2) is 0 Å². The van der Waals surface area contributed by atoms with Crippen LogP contribution in [0.4, 0.5) is 0 Å². The van der Waals surface area contributed by atoms with E-state index >= 15 is 0 Å². The molecule has 1 saturated carbocycles. The van der Waals surface area contributed by atoms with Gasteiger partial charge in [0, 0.05) is 32.5 Å². The second-order valence-corrected chi connectivity index (χ2v) is 7.11. The van der Waals surface area contributed by atoms with Gasteiger partial charge < -0.3 is 10.2 Å². The molecular formula is C18H32N2O2. The summed E-state index contributed by atoms with van der Waals surface area (Å²) in [5, 5.41) is 3.02. The minimum Gasteiger partial charge on any atom is -0.356 e. The Bertz CT molecular complexity index is 364. The summed E-state index contributed by atoms with van der Waals surface area (Å²) in [4.78, 5) is 26.1. The molecule has 2 fully saturated rings. The number of amides is 2. The Morgan fingerprint density at radius 3 is 2.50 bits per heavy atom. The molecule has 1 N–H and O–H groups in total. The fourth-order valence-corrected chi connectivity index (χ4v) is 3.80. The molecule has 1 aliphatic carbocycles. The van der Waals surface area contributed by atoms with Crippen molar-refractivity contribution in [2.45, 2.75) is 71.1 Å². The predicted octanol–water partition coefficient (Wildman–Crippen LogP) is 3.11. The van der Waals surface area contributed by atoms with Crippen LogP contribution in [0, 0.1) is 11.8 Å². The van der Waals surface area contributed by atoms with E-state index in [9.17, 15) is 9.59 Å². The molecule has 126 valence electrons. The lowest BCUT2D eigenvalue weighted by Crippen LogP contribution is -2.44. The SMILES string of the molecule is CCCC(=O)NC[C@H]1CCCN(C(=O)CC2CCCCC2)C1. The molecule has 2 aliphatic rings. The summed E-state index contributed by atoms with van der Waals surface area (Å²) in [6, 6.07) is 0. The van der Waals surface area contributed by atoms with Gasteiger partial charge >= 0.3 is 0 Å². The highest BCUT2D eigenvalue weighted by molar-refractivity contribution is 5.77. The van der Waals surface area contributed by atoms with Crippen LogP contribution in [0.1, 0.15) is 71.1 Å². The maximum Gasteiger partial charge on any atom is 0.222 e. The lowest BCUT2D eigenvalue weighted by Gasteiger charge is -2.34. The van der Waals surface area contributed by atoms with Gasteiger partial charge in [-0.25, -0.2) is 0 Å². The van der Waals surface area contributed by atoms with E-state index in [1.54, 1.807) is 0 Å². The van der Waals surface area contributed by atoms with E-state index in [4.69, 9.17) is 0 Å². The normalized spacial score (nSPS) is 23.3. The summed E-state index contributed by atoms with van der Waals surface area (Å²) in [5.41, 5.74) is 0. The summed E-state index contributed by atoms with van der Waals surface area (Å²) < 4.78 is 0. The number of hydrogen-bond acceptors (Lipinski definition) is 2. The Hall–Kier alpha value is -1.06. The first-order chi connectivity index (χ1) is 10.7. The molecule has 0 aromatic heterocycles. The molecule has 0 aromatic rings. The third-order valence-electron chi connectivity index (χ3n) is 5.12. The van der Waals surface area contributed by atoms with Crippen molar-refractivity contribution in [3.8, 4) is 0 Å². The number of piperidine rings is 1. The largest absolute Gasteiger partial charge is 0.356 e. The summed E-state index contributed by atoms with van der Waals surface area (Å²) in [6.07, 6.45) is 10.8. The van der Waals surface area contributed by atoms with E-state index in [-0.39, 0.29) is 5.91 Å². The lowest BCUT2D eigenvalue weighted by atomic mass is 9.86. The number of likely N-dealkylation sites (tertiary alicyclic amines) is 1. The van der Waals surface area contributed by atoms with Crippen molar-refractivity contribution in [1.29, 1.82) is 0 Å². The standard InChI is InChI=1S/C18H32N2O2/c1-2-7-17(21)19-13-16-10-6-11-20(14-16)18(22)12-15-8-4-3-5-9-15/h15-16H,2-14H2,1H3,(H,19,21)/t16-/m1/s1. The highest BCUT2D eigenvalue weighted by atomic mass is 16.2. The number of nitrogens with one attached hydrogen (secondary N) is 1. The van der Waals surface area contributed by atoms with Gasteiger partial charge in [-0.2, -0.15) is 0 Å². The number of carbonyl (C=O) groups is 2. The fraction of sp³-hybridized carbons (Fsp3) is 0.889. The summed E-state index contributed by atoms with van der Waals surface area (Å²) in [7, 11) is 0. The fourth-order valence-electron chi connectivity index (χ4n) is 3.80. The Labute approximate surface area is 135 Å². The molecule has 1 saturated heterocycles. The third-order valence-corrected chi connectivity index (χ3v) is 5.12. The smallest absolute Gasteiger partial charge is 0.222 e. The maximum atomic E-state index is 12.5. The highest BCUT2D eigenvalue weighted by Gasteiger charge is 2.26. The van der Waals surface area contributed by atoms with Crippen molar-refractivity contribution in [3.05, 3.63) is 0 Å². The molecule has 1 aliphatic heterocycles. The molecule has 1 atom stereocenters. The molecule has 22 heavy (non-hydrogen) atoms. The van der Waals surface area contributed by atoms with Crippen molar-refractivity contribution < 1.29 is 9.59 Å². The van der Waals surface area contributed by atoms with Crippen LogP contribution in [0.25, 0.3) is 0 Å². The molecule has 0 bridgehead atoms. The molecule has 0 unspecified atom stereocenters. The van der Waals surface area contributed by atoms with Gasteiger partial charge in [-0.3, -0.25) is 9.59 Å². The molecule has 4 nitrogen and oxygen atoms in total. The molecule has 2 rings (SSSR count). The van der Waals surface area contributed by atoms with Gasteiger partial charge in [-0.05, 0) is 43.9 Å². The van der Waals surface area contributed by atoms with Crippen LogP contribution in [0.5, 0.6) is 0 Å². The molecule has 1 heterocycles. The average molecular weight is 308 g/mol. The molecule has 0 spiro atoms. The van der Waals surface area contributed by atoms with Crippen molar-refractivity contribution in [3.63, 3.8) is 0 Å². The lowest BCUT2D eigenvalue weighted by molar-refractivity contribution is -0.134. The molecule has 4 heteroatoms. The third kappa shape index (κ3) is 5.62. The van der Waals surface area contributed by atoms with Crippen molar-refractivity contribution in [2.75, 3.05) is 19.6 Å². The van der Waals surface area contributed by atoms with E-state index in [0.717, 1.165) is 45.3 Å². The second kappa shape index (κ2) is 9.16. The Kier molecular flexibility index (Phi) is 7.20. The van der Waals surface area contributed by atoms with Gasteiger partial charge in [0.15, 0.2) is 0 Å². The van der Waals surface area contributed by atoms with E-state index < -0.39 is 0 Å². The topological polar surface area (TPSA) is 49.4 Å². The van der Waals surface area contributed by atoms with Gasteiger partial charge in [0.1, 0.15) is 0 Å². The number of nitrogens with zero attached hydrogens (tertiary/aromatic N) is 1. The highest BCUT2D eigenvalue weighted by Crippen LogP contribution is 2.27. The van der Waals surface area contributed by atoms with E-state index in [1.165, 1.54) is 32.1 Å². The van der Waals surface area contributed by atoms with Gasteiger partial charge in [-0.15, -0.1) is 0 Å². The zero-order valence-electron chi connectivity index (χ0n) is 14.1. The van der Waals surface area contributed by atoms with Crippen LogP contribution in [0.3, 0.4) is 0 Å². The first-order valence-electron chi connectivity index (χ1n) is 9.23. The first-order valence-corrected chi connectivity index (χ1v) is 9.23. The zero-order valence-corrected chi connectivity index (χ0v) is 14.1. The summed E-state index contributed by atoms with van der Waals surface area (Å²) >= 11 is 0. The summed E-state index contributed by atoms with van der Waals surface area (Å²) in [6.45, 7) is 4.49. The van der Waals surface area contributed by atoms with E-state index in [0.29, 0.717) is 24.2 Å². The van der Waals surface area contributed by atoms with Crippen LogP contribution in [-0.2, 0) is 9.59 Å². The number of rotatable bonds is 6. The van der Waals surface area contributed by atoms with Gasteiger partial charge in [0.05, 0.1) is 0 Å². The molecular weight excluding hydrogens is 276 g/mol. The molecule has 0 radical (unpaired) electrons. The monoisotopic (exact) mass is 308 g/mol. The maximum absolute atomic E-state index is 12.5. The van der Waals surface area contributed by atoms with Crippen LogP contribution in [0.2, 0.25) is 0 Å². The minimum absolute atomic E-state index is 0.146. The minimum atomic E-state index is 0.146. The van der Waals surface area contributed by atoms with Gasteiger partial charge in [0.25, 0.3) is 0 Å². The summed E-state index contributed by atoms with van der Waals surface area (Å²) in [5.74, 6) is 1.54. The van der Waals surface area contributed by atoms with E-state index in [2.05, 4.69) is 10.2 Å². The number of hydrogen-bond donors (Lipinski definition) is 1. The van der Waals surface area contributed by atoms with Crippen LogP contribution in [-0.4, -0.2) is 36.3 Å². The molecule has 0 aromatic carbocycles. The second-order valence-electron chi connectivity index (χ2n) is 7.11. The van der Waals surface area contributed by atoms with Crippen molar-refractivity contribution in [2.24, 2.45) is 11.8 Å². The number of carbonyl (C=O) groups excluding carboxylic acids is 2. The van der Waals surface area contributed by atoms with Gasteiger partial charge in [0.2, 0.25) is 11.8 Å². The van der Waals surface area contributed by atoms with Crippen molar-refractivity contribution >= 4 is 11.8 Å². The zero-order chi connectivity index (χ0) is 15.8. The van der Waals surface area contributed by atoms with Gasteiger partial charge in [-0.1, -0.05) is 26.2 Å². The van der Waals surface area contributed by atoms with E-state index in [1.807, 2.05) is 6.92 Å². The predicted molar refractivity (Wildman–Crippen MR) is 88.4 cm³/mol. The molecule has 2 amide bonds.